The largest absolute Gasteiger partial charge is 0.490 e. The second-order valence-corrected chi connectivity index (χ2v) is 8.09. The molecule has 0 saturated heterocycles. The van der Waals surface area contributed by atoms with Crippen molar-refractivity contribution in [2.75, 3.05) is 25.6 Å². The van der Waals surface area contributed by atoms with Crippen molar-refractivity contribution in [2.24, 2.45) is 0 Å². The number of carbonyl (C=O) groups excluding carboxylic acids is 2. The second-order valence-electron chi connectivity index (χ2n) is 7.17. The molecule has 178 valence electrons. The van der Waals surface area contributed by atoms with Crippen molar-refractivity contribution in [3.05, 3.63) is 64.1 Å². The standard InChI is InChI=1S/C20H21BrN2O3.C2HF3O2/c1-26-13-12-22-19(25)20(10-11-20)15-4-8-17(9-5-15)23-18(24)14-2-6-16(21)7-3-14;3-2(4,5)1(6)7/h2-9H,10-13H2,1H3,(H,22,25)(H,23,24);(H,6,7). The van der Waals surface area contributed by atoms with Gasteiger partial charge in [-0.15, -0.1) is 0 Å². The van der Waals surface area contributed by atoms with Gasteiger partial charge in [-0.05, 0) is 54.8 Å². The van der Waals surface area contributed by atoms with Crippen LogP contribution in [-0.4, -0.2) is 49.3 Å². The third-order valence-corrected chi connectivity index (χ3v) is 5.35. The summed E-state index contributed by atoms with van der Waals surface area (Å²) in [5.41, 5.74) is 1.85. The van der Waals surface area contributed by atoms with E-state index < -0.39 is 17.6 Å². The van der Waals surface area contributed by atoms with Gasteiger partial charge in [0.25, 0.3) is 5.91 Å². The topological polar surface area (TPSA) is 105 Å². The number of ether oxygens (including phenoxy) is 1. The van der Waals surface area contributed by atoms with Crippen LogP contribution in [0.15, 0.2) is 53.0 Å². The van der Waals surface area contributed by atoms with E-state index in [0.717, 1.165) is 22.9 Å². The van der Waals surface area contributed by atoms with E-state index in [-0.39, 0.29) is 11.8 Å². The number of hydrogen-bond donors (Lipinski definition) is 3. The Morgan fingerprint density at radius 2 is 1.61 bits per heavy atom. The number of methoxy groups -OCH3 is 1. The first-order chi connectivity index (χ1) is 15.5. The highest BCUT2D eigenvalue weighted by molar-refractivity contribution is 9.10. The fraction of sp³-hybridized carbons (Fsp3) is 0.318. The molecular weight excluding hydrogens is 509 g/mol. The molecule has 7 nitrogen and oxygen atoms in total. The first kappa shape index (κ1) is 26.3. The lowest BCUT2D eigenvalue weighted by Crippen LogP contribution is -2.36. The van der Waals surface area contributed by atoms with Crippen molar-refractivity contribution in [3.63, 3.8) is 0 Å². The molecule has 3 N–H and O–H groups in total. The van der Waals surface area contributed by atoms with Crippen molar-refractivity contribution in [2.45, 2.75) is 24.4 Å². The molecule has 0 aliphatic heterocycles. The Morgan fingerprint density at radius 1 is 1.06 bits per heavy atom. The fourth-order valence-electron chi connectivity index (χ4n) is 2.88. The van der Waals surface area contributed by atoms with Crippen LogP contribution in [0.2, 0.25) is 0 Å². The molecule has 1 saturated carbocycles. The monoisotopic (exact) mass is 530 g/mol. The molecule has 0 spiro atoms. The summed E-state index contributed by atoms with van der Waals surface area (Å²) < 4.78 is 37.6. The molecule has 0 aromatic heterocycles. The zero-order valence-corrected chi connectivity index (χ0v) is 19.1. The van der Waals surface area contributed by atoms with Gasteiger partial charge < -0.3 is 20.5 Å². The van der Waals surface area contributed by atoms with Crippen LogP contribution in [0.1, 0.15) is 28.8 Å². The van der Waals surface area contributed by atoms with Crippen LogP contribution < -0.4 is 10.6 Å². The molecule has 2 aromatic rings. The van der Waals surface area contributed by atoms with Crippen LogP contribution in [0.5, 0.6) is 0 Å². The molecule has 2 aromatic carbocycles. The average molecular weight is 531 g/mol. The Morgan fingerprint density at radius 3 is 2.06 bits per heavy atom. The minimum absolute atomic E-state index is 0.0428. The van der Waals surface area contributed by atoms with E-state index in [1.54, 1.807) is 19.2 Å². The highest BCUT2D eigenvalue weighted by atomic mass is 79.9. The van der Waals surface area contributed by atoms with Gasteiger partial charge in [0, 0.05) is 29.4 Å². The summed E-state index contributed by atoms with van der Waals surface area (Å²) in [5.74, 6) is -2.88. The molecule has 1 aliphatic carbocycles. The molecule has 0 bridgehead atoms. The smallest absolute Gasteiger partial charge is 0.475 e. The number of carboxylic acid groups (broad SMARTS) is 1. The van der Waals surface area contributed by atoms with Gasteiger partial charge in [0.2, 0.25) is 5.91 Å². The van der Waals surface area contributed by atoms with Gasteiger partial charge in [0.05, 0.1) is 12.0 Å². The Balaban J connectivity index is 0.000000479. The molecule has 1 fully saturated rings. The first-order valence-corrected chi connectivity index (χ1v) is 10.5. The number of rotatable bonds is 7. The van der Waals surface area contributed by atoms with Crippen LogP contribution in [0.4, 0.5) is 18.9 Å². The molecule has 2 amide bonds. The second kappa shape index (κ2) is 11.3. The van der Waals surface area contributed by atoms with Crippen LogP contribution in [0.3, 0.4) is 0 Å². The fourth-order valence-corrected chi connectivity index (χ4v) is 3.15. The zero-order chi connectivity index (χ0) is 24.6. The lowest BCUT2D eigenvalue weighted by atomic mass is 9.94. The quantitative estimate of drug-likeness (QED) is 0.467. The van der Waals surface area contributed by atoms with Crippen molar-refractivity contribution in [3.8, 4) is 0 Å². The number of aliphatic carboxylic acids is 1. The lowest BCUT2D eigenvalue weighted by Gasteiger charge is -2.16. The summed E-state index contributed by atoms with van der Waals surface area (Å²) in [6.07, 6.45) is -3.40. The van der Waals surface area contributed by atoms with Gasteiger partial charge in [-0.3, -0.25) is 9.59 Å². The SMILES string of the molecule is COCCNC(=O)C1(c2ccc(NC(=O)c3ccc(Br)cc3)cc2)CC1.O=C(O)C(F)(F)F. The third-order valence-electron chi connectivity index (χ3n) is 4.82. The van der Waals surface area contributed by atoms with Crippen molar-refractivity contribution in [1.29, 1.82) is 0 Å². The van der Waals surface area contributed by atoms with Gasteiger partial charge in [-0.2, -0.15) is 13.2 Å². The summed E-state index contributed by atoms with van der Waals surface area (Å²) in [6.45, 7) is 1.02. The number of carbonyl (C=O) groups is 3. The van der Waals surface area contributed by atoms with E-state index in [0.29, 0.717) is 24.4 Å². The third kappa shape index (κ3) is 7.57. The maximum absolute atomic E-state index is 12.4. The van der Waals surface area contributed by atoms with Crippen LogP contribution in [-0.2, 0) is 19.7 Å². The highest BCUT2D eigenvalue weighted by Crippen LogP contribution is 2.48. The maximum atomic E-state index is 12.4. The predicted molar refractivity (Wildman–Crippen MR) is 118 cm³/mol. The Labute approximate surface area is 196 Å². The number of amides is 2. The van der Waals surface area contributed by atoms with E-state index in [2.05, 4.69) is 26.6 Å². The van der Waals surface area contributed by atoms with E-state index in [1.807, 2.05) is 36.4 Å². The van der Waals surface area contributed by atoms with Gasteiger partial charge >= 0.3 is 12.1 Å². The number of carboxylic acids is 1. The number of alkyl halides is 3. The molecule has 33 heavy (non-hydrogen) atoms. The molecule has 11 heteroatoms. The van der Waals surface area contributed by atoms with Crippen LogP contribution >= 0.6 is 15.9 Å². The Kier molecular flexibility index (Phi) is 9.00. The average Bonchev–Trinajstić information content (AvgIpc) is 3.57. The van der Waals surface area contributed by atoms with Gasteiger partial charge in [0.1, 0.15) is 0 Å². The molecular formula is C22H22BrF3N2O5. The number of benzene rings is 2. The molecule has 0 radical (unpaired) electrons. The van der Waals surface area contributed by atoms with Crippen molar-refractivity contribution >= 4 is 39.4 Å². The number of anilines is 1. The van der Waals surface area contributed by atoms with Crippen LogP contribution in [0.25, 0.3) is 0 Å². The molecule has 0 unspecified atom stereocenters. The number of hydrogen-bond acceptors (Lipinski definition) is 4. The summed E-state index contributed by atoms with van der Waals surface area (Å²) in [5, 5.41) is 12.9. The normalized spacial score (nSPS) is 13.8. The summed E-state index contributed by atoms with van der Waals surface area (Å²) in [4.78, 5) is 33.6. The predicted octanol–water partition coefficient (Wildman–Crippen LogP) is 4.13. The summed E-state index contributed by atoms with van der Waals surface area (Å²) in [6, 6.07) is 14.7. The van der Waals surface area contributed by atoms with Gasteiger partial charge in [-0.1, -0.05) is 28.1 Å². The van der Waals surface area contributed by atoms with E-state index in [1.165, 1.54) is 0 Å². The molecule has 0 heterocycles. The van der Waals surface area contributed by atoms with Crippen molar-refractivity contribution in [1.82, 2.24) is 5.32 Å². The summed E-state index contributed by atoms with van der Waals surface area (Å²) >= 11 is 3.35. The van der Waals surface area contributed by atoms with E-state index in [4.69, 9.17) is 14.6 Å². The Bertz CT molecular complexity index is 975. The zero-order valence-electron chi connectivity index (χ0n) is 17.5. The lowest BCUT2D eigenvalue weighted by molar-refractivity contribution is -0.192. The summed E-state index contributed by atoms with van der Waals surface area (Å²) in [7, 11) is 1.61. The van der Waals surface area contributed by atoms with E-state index in [9.17, 15) is 22.8 Å². The molecule has 0 atom stereocenters. The van der Waals surface area contributed by atoms with E-state index >= 15 is 0 Å². The first-order valence-electron chi connectivity index (χ1n) is 9.74. The molecule has 1 aliphatic rings. The maximum Gasteiger partial charge on any atom is 0.490 e. The molecule has 3 rings (SSSR count). The van der Waals surface area contributed by atoms with Gasteiger partial charge in [0.15, 0.2) is 0 Å². The van der Waals surface area contributed by atoms with Crippen molar-refractivity contribution < 1.29 is 37.4 Å². The van der Waals surface area contributed by atoms with Gasteiger partial charge in [-0.25, -0.2) is 4.79 Å². The highest BCUT2D eigenvalue weighted by Gasteiger charge is 2.51. The Hall–Kier alpha value is -2.92. The minimum Gasteiger partial charge on any atom is -0.475 e. The number of halogens is 4. The minimum atomic E-state index is -5.08. The van der Waals surface area contributed by atoms with Crippen LogP contribution in [0, 0.1) is 0 Å². The number of nitrogens with one attached hydrogen (secondary N) is 2.